The summed E-state index contributed by atoms with van der Waals surface area (Å²) in [5.74, 6) is 0.0283. The molecule has 6 heteroatoms. The van der Waals surface area contributed by atoms with E-state index < -0.39 is 12.0 Å². The molecule has 1 rings (SSSR count). The molecule has 0 aromatic carbocycles. The van der Waals surface area contributed by atoms with Gasteiger partial charge in [-0.1, -0.05) is 0 Å². The summed E-state index contributed by atoms with van der Waals surface area (Å²) < 4.78 is 0. The maximum Gasteiger partial charge on any atom is 0.323 e. The average Bonchev–Trinajstić information content (AvgIpc) is 2.16. The third-order valence-electron chi connectivity index (χ3n) is 1.87. The van der Waals surface area contributed by atoms with Crippen LogP contribution in [0, 0.1) is 0 Å². The molecule has 1 fully saturated rings. The van der Waals surface area contributed by atoms with Gasteiger partial charge in [-0.05, 0) is 25.0 Å². The van der Waals surface area contributed by atoms with E-state index in [9.17, 15) is 9.59 Å². The van der Waals surface area contributed by atoms with Gasteiger partial charge in [-0.25, -0.2) is 4.79 Å². The number of thioether (sulfide) groups is 1. The number of hydrogen-bond donors (Lipinski definition) is 3. The molecule has 1 unspecified atom stereocenters. The molecule has 3 N–H and O–H groups in total. The number of carboxylic acid groups (broad SMARTS) is 1. The van der Waals surface area contributed by atoms with E-state index in [4.69, 9.17) is 5.11 Å². The zero-order chi connectivity index (χ0) is 10.4. The second-order valence-corrected chi connectivity index (χ2v) is 4.39. The van der Waals surface area contributed by atoms with Crippen LogP contribution in [0.5, 0.6) is 0 Å². The zero-order valence-electron chi connectivity index (χ0n) is 7.78. The highest BCUT2D eigenvalue weighted by molar-refractivity contribution is 7.99. The lowest BCUT2D eigenvalue weighted by Crippen LogP contribution is -2.43. The van der Waals surface area contributed by atoms with Crippen molar-refractivity contribution in [2.45, 2.75) is 24.6 Å². The number of amides is 2. The van der Waals surface area contributed by atoms with Crippen molar-refractivity contribution >= 4 is 23.8 Å². The predicted molar refractivity (Wildman–Crippen MR) is 54.3 cm³/mol. The number of rotatable bonds is 3. The summed E-state index contributed by atoms with van der Waals surface area (Å²) in [6, 6.07) is -0.396. The normalized spacial score (nSPS) is 21.3. The number of hydrogen-bond acceptors (Lipinski definition) is 3. The van der Waals surface area contributed by atoms with Crippen molar-refractivity contribution in [3.63, 3.8) is 0 Å². The van der Waals surface area contributed by atoms with Crippen molar-refractivity contribution in [2.24, 2.45) is 0 Å². The molecule has 0 radical (unpaired) electrons. The topological polar surface area (TPSA) is 78.4 Å². The lowest BCUT2D eigenvalue weighted by Gasteiger charge is -2.22. The van der Waals surface area contributed by atoms with Crippen LogP contribution in [-0.2, 0) is 4.79 Å². The first kappa shape index (κ1) is 11.2. The Morgan fingerprint density at radius 1 is 1.43 bits per heavy atom. The van der Waals surface area contributed by atoms with Gasteiger partial charge < -0.3 is 15.7 Å². The molecule has 0 spiro atoms. The first-order valence-electron chi connectivity index (χ1n) is 4.56. The lowest BCUT2D eigenvalue weighted by atomic mass is 10.2. The smallest absolute Gasteiger partial charge is 0.323 e. The largest absolute Gasteiger partial charge is 0.480 e. The van der Waals surface area contributed by atoms with Crippen LogP contribution >= 0.6 is 11.8 Å². The Kier molecular flexibility index (Phi) is 4.58. The van der Waals surface area contributed by atoms with Crippen LogP contribution in [0.4, 0.5) is 4.79 Å². The van der Waals surface area contributed by atoms with Gasteiger partial charge in [0.15, 0.2) is 0 Å². The van der Waals surface area contributed by atoms with E-state index in [1.807, 2.05) is 0 Å². The number of carbonyl (C=O) groups is 2. The molecule has 1 aliphatic heterocycles. The van der Waals surface area contributed by atoms with E-state index in [0.29, 0.717) is 0 Å². The first-order chi connectivity index (χ1) is 6.68. The fourth-order valence-electron chi connectivity index (χ4n) is 1.21. The van der Waals surface area contributed by atoms with Crippen molar-refractivity contribution in [3.8, 4) is 0 Å². The van der Waals surface area contributed by atoms with Gasteiger partial charge in [0, 0.05) is 0 Å². The van der Waals surface area contributed by atoms with Crippen LogP contribution in [0.1, 0.15) is 19.3 Å². The molecule has 1 aliphatic rings. The van der Waals surface area contributed by atoms with Crippen LogP contribution in [0.25, 0.3) is 0 Å². The predicted octanol–water partition coefficient (Wildman–Crippen LogP) is 0.613. The van der Waals surface area contributed by atoms with Crippen molar-refractivity contribution < 1.29 is 14.7 Å². The van der Waals surface area contributed by atoms with Crippen molar-refractivity contribution in [2.75, 3.05) is 12.3 Å². The number of carboxylic acids is 1. The highest BCUT2D eigenvalue weighted by atomic mass is 32.2. The van der Waals surface area contributed by atoms with Crippen molar-refractivity contribution in [1.29, 1.82) is 0 Å². The number of urea groups is 1. The summed E-state index contributed by atoms with van der Waals surface area (Å²) in [5, 5.41) is 13.4. The van der Waals surface area contributed by atoms with Gasteiger partial charge in [0.2, 0.25) is 0 Å². The molecule has 0 aromatic heterocycles. The van der Waals surface area contributed by atoms with Crippen LogP contribution in [0.3, 0.4) is 0 Å². The summed E-state index contributed by atoms with van der Waals surface area (Å²) in [6.07, 6.45) is 3.28. The second-order valence-electron chi connectivity index (χ2n) is 3.08. The molecule has 80 valence electrons. The third kappa shape index (κ3) is 4.36. The van der Waals surface area contributed by atoms with Gasteiger partial charge in [0.1, 0.15) is 6.54 Å². The maximum atomic E-state index is 11.1. The summed E-state index contributed by atoms with van der Waals surface area (Å²) in [7, 11) is 0. The minimum atomic E-state index is -1.03. The molecule has 5 nitrogen and oxygen atoms in total. The van der Waals surface area contributed by atoms with Crippen LogP contribution in [0.2, 0.25) is 0 Å². The Labute approximate surface area is 86.6 Å². The Hall–Kier alpha value is -0.910. The number of carbonyl (C=O) groups excluding carboxylic acids is 1. The first-order valence-corrected chi connectivity index (χ1v) is 5.61. The third-order valence-corrected chi connectivity index (χ3v) is 3.15. The fourth-order valence-corrected chi connectivity index (χ4v) is 2.39. The van der Waals surface area contributed by atoms with Gasteiger partial charge in [-0.15, -0.1) is 11.8 Å². The molecule has 2 amide bonds. The van der Waals surface area contributed by atoms with Crippen LogP contribution < -0.4 is 10.6 Å². The average molecular weight is 218 g/mol. The van der Waals surface area contributed by atoms with Crippen LogP contribution in [-0.4, -0.2) is 34.8 Å². The second kappa shape index (κ2) is 5.74. The monoisotopic (exact) mass is 218 g/mol. The summed E-state index contributed by atoms with van der Waals surface area (Å²) in [6.45, 7) is -0.330. The zero-order valence-corrected chi connectivity index (χ0v) is 8.60. The van der Waals surface area contributed by atoms with E-state index in [1.54, 1.807) is 11.8 Å². The molecule has 1 heterocycles. The van der Waals surface area contributed by atoms with Gasteiger partial charge in [-0.3, -0.25) is 4.79 Å². The van der Waals surface area contributed by atoms with Crippen LogP contribution in [0.15, 0.2) is 0 Å². The standard InChI is InChI=1S/C8H14N2O3S/c11-7(12)5-9-8(13)10-6-3-1-2-4-14-6/h6H,1-5H2,(H,11,12)(H2,9,10,13). The highest BCUT2D eigenvalue weighted by Gasteiger charge is 2.15. The van der Waals surface area contributed by atoms with Gasteiger partial charge in [0.25, 0.3) is 0 Å². The van der Waals surface area contributed by atoms with Crippen molar-refractivity contribution in [1.82, 2.24) is 10.6 Å². The molecule has 0 saturated carbocycles. The Morgan fingerprint density at radius 2 is 2.21 bits per heavy atom. The van der Waals surface area contributed by atoms with E-state index in [1.165, 1.54) is 6.42 Å². The summed E-state index contributed by atoms with van der Waals surface area (Å²) in [5.41, 5.74) is 0. The van der Waals surface area contributed by atoms with Gasteiger partial charge in [-0.2, -0.15) is 0 Å². The number of aliphatic carboxylic acids is 1. The highest BCUT2D eigenvalue weighted by Crippen LogP contribution is 2.22. The fraction of sp³-hybridized carbons (Fsp3) is 0.750. The minimum absolute atomic E-state index is 0.137. The molecule has 0 aliphatic carbocycles. The van der Waals surface area contributed by atoms with E-state index in [-0.39, 0.29) is 11.9 Å². The van der Waals surface area contributed by atoms with Crippen molar-refractivity contribution in [3.05, 3.63) is 0 Å². The Bertz CT molecular complexity index is 217. The quantitative estimate of drug-likeness (QED) is 0.648. The van der Waals surface area contributed by atoms with Gasteiger partial charge >= 0.3 is 12.0 Å². The summed E-state index contributed by atoms with van der Waals surface area (Å²) >= 11 is 1.71. The number of nitrogens with one attached hydrogen (secondary N) is 2. The Balaban J connectivity index is 2.15. The molecule has 1 saturated heterocycles. The summed E-state index contributed by atoms with van der Waals surface area (Å²) in [4.78, 5) is 21.3. The van der Waals surface area contributed by atoms with E-state index in [2.05, 4.69) is 10.6 Å². The SMILES string of the molecule is O=C(O)CNC(=O)NC1CCCCS1. The minimum Gasteiger partial charge on any atom is -0.480 e. The lowest BCUT2D eigenvalue weighted by molar-refractivity contribution is -0.135. The molecule has 0 aromatic rings. The molecular weight excluding hydrogens is 204 g/mol. The Morgan fingerprint density at radius 3 is 2.79 bits per heavy atom. The molecule has 1 atom stereocenters. The molecule has 0 bridgehead atoms. The van der Waals surface area contributed by atoms with E-state index >= 15 is 0 Å². The maximum absolute atomic E-state index is 11.1. The molecule has 14 heavy (non-hydrogen) atoms. The van der Waals surface area contributed by atoms with Gasteiger partial charge in [0.05, 0.1) is 5.37 Å². The molecular formula is C8H14N2O3S. The van der Waals surface area contributed by atoms with E-state index in [0.717, 1.165) is 18.6 Å².